The van der Waals surface area contributed by atoms with Crippen molar-refractivity contribution in [3.8, 4) is 0 Å². The molecule has 1 fully saturated rings. The van der Waals surface area contributed by atoms with Crippen LogP contribution in [0.3, 0.4) is 0 Å². The highest BCUT2D eigenvalue weighted by atomic mass is 16.5. The Balaban J connectivity index is 1.64. The van der Waals surface area contributed by atoms with Gasteiger partial charge in [0.2, 0.25) is 0 Å². The first kappa shape index (κ1) is 16.0. The molecule has 2 N–H and O–H groups in total. The van der Waals surface area contributed by atoms with Gasteiger partial charge >= 0.3 is 0 Å². The number of ether oxygens (including phenoxy) is 1. The molecule has 2 rings (SSSR count). The minimum atomic E-state index is 0.00339. The number of nitrogens with one attached hydrogen (secondary N) is 2. The van der Waals surface area contributed by atoms with Gasteiger partial charge in [0.1, 0.15) is 0 Å². The van der Waals surface area contributed by atoms with Crippen LogP contribution in [0.25, 0.3) is 0 Å². The number of hydrogen-bond donors (Lipinski definition) is 2. The van der Waals surface area contributed by atoms with Gasteiger partial charge < -0.3 is 15.4 Å². The molecule has 1 aliphatic rings. The molecule has 0 unspecified atom stereocenters. The minimum absolute atomic E-state index is 0.00339. The predicted molar refractivity (Wildman–Crippen MR) is 84.7 cm³/mol. The Kier molecular flexibility index (Phi) is 6.21. The molecule has 0 aromatic heterocycles. The molecule has 0 spiro atoms. The van der Waals surface area contributed by atoms with Crippen LogP contribution in [-0.2, 0) is 4.74 Å². The molecule has 1 amide bonds. The van der Waals surface area contributed by atoms with E-state index in [9.17, 15) is 4.79 Å². The van der Waals surface area contributed by atoms with E-state index in [1.807, 2.05) is 26.0 Å². The van der Waals surface area contributed by atoms with Gasteiger partial charge in [-0.25, -0.2) is 0 Å². The van der Waals surface area contributed by atoms with Crippen LogP contribution >= 0.6 is 0 Å². The summed E-state index contributed by atoms with van der Waals surface area (Å²) < 4.78 is 5.82. The van der Waals surface area contributed by atoms with Crippen molar-refractivity contribution in [3.05, 3.63) is 34.9 Å². The number of rotatable bonds is 6. The minimum Gasteiger partial charge on any atom is -0.378 e. The molecule has 0 bridgehead atoms. The van der Waals surface area contributed by atoms with Gasteiger partial charge in [-0.1, -0.05) is 17.2 Å². The molecule has 4 nitrogen and oxygen atoms in total. The zero-order valence-corrected chi connectivity index (χ0v) is 13.1. The van der Waals surface area contributed by atoms with Crippen LogP contribution in [0, 0.1) is 13.8 Å². The van der Waals surface area contributed by atoms with Crippen LogP contribution in [0.15, 0.2) is 18.2 Å². The first-order valence-electron chi connectivity index (χ1n) is 7.84. The molecule has 21 heavy (non-hydrogen) atoms. The maximum atomic E-state index is 12.1. The normalized spacial score (nSPS) is 15.9. The molecule has 0 saturated carbocycles. The Bertz CT molecular complexity index is 448. The Hall–Kier alpha value is -1.39. The maximum Gasteiger partial charge on any atom is 0.251 e. The molecule has 1 heterocycles. The average molecular weight is 290 g/mol. The summed E-state index contributed by atoms with van der Waals surface area (Å²) in [6.07, 6.45) is 3.44. The SMILES string of the molecule is Cc1cc(C)cc(C(=O)NCCCOC2CCNCC2)c1. The molecule has 0 atom stereocenters. The van der Waals surface area contributed by atoms with E-state index in [4.69, 9.17) is 4.74 Å². The van der Waals surface area contributed by atoms with Crippen LogP contribution in [-0.4, -0.2) is 38.3 Å². The van der Waals surface area contributed by atoms with Gasteiger partial charge in [0.25, 0.3) is 5.91 Å². The quantitative estimate of drug-likeness (QED) is 0.790. The standard InChI is InChI=1S/C17H26N2O2/c1-13-10-14(2)12-15(11-13)17(20)19-6-3-9-21-16-4-7-18-8-5-16/h10-12,16,18H,3-9H2,1-2H3,(H,19,20). The summed E-state index contributed by atoms with van der Waals surface area (Å²) in [6, 6.07) is 5.92. The molecular formula is C17H26N2O2. The van der Waals surface area contributed by atoms with Gasteiger partial charge in [0.05, 0.1) is 6.10 Å². The Labute approximate surface area is 127 Å². The fourth-order valence-corrected chi connectivity index (χ4v) is 2.69. The Morgan fingerprint density at radius 1 is 1.24 bits per heavy atom. The van der Waals surface area contributed by atoms with E-state index in [0.29, 0.717) is 12.6 Å². The van der Waals surface area contributed by atoms with Gasteiger partial charge in [-0.15, -0.1) is 0 Å². The summed E-state index contributed by atoms with van der Waals surface area (Å²) in [5.74, 6) is 0.00339. The van der Waals surface area contributed by atoms with Crippen molar-refractivity contribution >= 4 is 5.91 Å². The van der Waals surface area contributed by atoms with Gasteiger partial charge in [0, 0.05) is 18.7 Å². The molecule has 0 radical (unpaired) electrons. The van der Waals surface area contributed by atoms with Crippen molar-refractivity contribution in [2.45, 2.75) is 39.2 Å². The van der Waals surface area contributed by atoms with Crippen LogP contribution in [0.5, 0.6) is 0 Å². The molecule has 1 aromatic carbocycles. The zero-order chi connectivity index (χ0) is 15.1. The predicted octanol–water partition coefficient (Wildman–Crippen LogP) is 2.19. The molecule has 1 saturated heterocycles. The van der Waals surface area contributed by atoms with E-state index in [0.717, 1.165) is 55.6 Å². The highest BCUT2D eigenvalue weighted by Crippen LogP contribution is 2.09. The molecular weight excluding hydrogens is 264 g/mol. The topological polar surface area (TPSA) is 50.4 Å². The third kappa shape index (κ3) is 5.48. The van der Waals surface area contributed by atoms with E-state index >= 15 is 0 Å². The second kappa shape index (κ2) is 8.15. The van der Waals surface area contributed by atoms with E-state index in [-0.39, 0.29) is 5.91 Å². The van der Waals surface area contributed by atoms with Crippen molar-refractivity contribution in [2.24, 2.45) is 0 Å². The lowest BCUT2D eigenvalue weighted by Gasteiger charge is -2.22. The Morgan fingerprint density at radius 2 is 1.90 bits per heavy atom. The van der Waals surface area contributed by atoms with Crippen LogP contribution in [0.4, 0.5) is 0 Å². The third-order valence-electron chi connectivity index (χ3n) is 3.73. The molecule has 4 heteroatoms. The number of aryl methyl sites for hydroxylation is 2. The number of piperidine rings is 1. The molecule has 116 valence electrons. The third-order valence-corrected chi connectivity index (χ3v) is 3.73. The highest BCUT2D eigenvalue weighted by molar-refractivity contribution is 5.94. The van der Waals surface area contributed by atoms with Crippen molar-refractivity contribution in [1.29, 1.82) is 0 Å². The van der Waals surface area contributed by atoms with Gasteiger partial charge in [-0.2, -0.15) is 0 Å². The zero-order valence-electron chi connectivity index (χ0n) is 13.1. The Morgan fingerprint density at radius 3 is 2.57 bits per heavy atom. The lowest BCUT2D eigenvalue weighted by molar-refractivity contribution is 0.0318. The number of amides is 1. The second-order valence-corrected chi connectivity index (χ2v) is 5.81. The largest absolute Gasteiger partial charge is 0.378 e. The summed E-state index contributed by atoms with van der Waals surface area (Å²) in [4.78, 5) is 12.1. The summed E-state index contributed by atoms with van der Waals surface area (Å²) in [5.41, 5.74) is 2.98. The van der Waals surface area contributed by atoms with Crippen molar-refractivity contribution in [2.75, 3.05) is 26.2 Å². The molecule has 1 aliphatic heterocycles. The highest BCUT2D eigenvalue weighted by Gasteiger charge is 2.12. The summed E-state index contributed by atoms with van der Waals surface area (Å²) in [7, 11) is 0. The van der Waals surface area contributed by atoms with Gasteiger partial charge in [0.15, 0.2) is 0 Å². The average Bonchev–Trinajstić information content (AvgIpc) is 2.47. The smallest absolute Gasteiger partial charge is 0.251 e. The maximum absolute atomic E-state index is 12.1. The molecule has 0 aliphatic carbocycles. The fraction of sp³-hybridized carbons (Fsp3) is 0.588. The monoisotopic (exact) mass is 290 g/mol. The summed E-state index contributed by atoms with van der Waals surface area (Å²) >= 11 is 0. The lowest BCUT2D eigenvalue weighted by atomic mass is 10.1. The van der Waals surface area contributed by atoms with Crippen molar-refractivity contribution < 1.29 is 9.53 Å². The number of hydrogen-bond acceptors (Lipinski definition) is 3. The van der Waals surface area contributed by atoms with E-state index in [1.165, 1.54) is 0 Å². The first-order chi connectivity index (χ1) is 10.1. The van der Waals surface area contributed by atoms with Gasteiger partial charge in [-0.3, -0.25) is 4.79 Å². The van der Waals surface area contributed by atoms with Crippen molar-refractivity contribution in [1.82, 2.24) is 10.6 Å². The second-order valence-electron chi connectivity index (χ2n) is 5.81. The van der Waals surface area contributed by atoms with Crippen LogP contribution in [0.1, 0.15) is 40.7 Å². The first-order valence-corrected chi connectivity index (χ1v) is 7.84. The van der Waals surface area contributed by atoms with E-state index in [1.54, 1.807) is 0 Å². The number of carbonyl (C=O) groups is 1. The lowest BCUT2D eigenvalue weighted by Crippen LogP contribution is -2.33. The van der Waals surface area contributed by atoms with Gasteiger partial charge in [-0.05, 0) is 58.3 Å². The van der Waals surface area contributed by atoms with Crippen LogP contribution in [0.2, 0.25) is 0 Å². The van der Waals surface area contributed by atoms with E-state index in [2.05, 4.69) is 16.7 Å². The number of carbonyl (C=O) groups excluding carboxylic acids is 1. The van der Waals surface area contributed by atoms with Crippen molar-refractivity contribution in [3.63, 3.8) is 0 Å². The van der Waals surface area contributed by atoms with E-state index < -0.39 is 0 Å². The fourth-order valence-electron chi connectivity index (χ4n) is 2.69. The summed E-state index contributed by atoms with van der Waals surface area (Å²) in [5, 5.41) is 6.28. The molecule has 1 aromatic rings. The number of benzene rings is 1. The van der Waals surface area contributed by atoms with Crippen LogP contribution < -0.4 is 10.6 Å². The summed E-state index contributed by atoms with van der Waals surface area (Å²) in [6.45, 7) is 7.50.